The maximum atomic E-state index is 13.7. The second-order valence-corrected chi connectivity index (χ2v) is 10.6. The summed E-state index contributed by atoms with van der Waals surface area (Å²) in [4.78, 5) is 19.5. The molecular formula is C29H28N4O2S. The first-order chi connectivity index (χ1) is 17.4. The van der Waals surface area contributed by atoms with E-state index in [0.717, 1.165) is 21.7 Å². The van der Waals surface area contributed by atoms with Crippen molar-refractivity contribution >= 4 is 23.0 Å². The Kier molecular flexibility index (Phi) is 6.43. The zero-order valence-electron chi connectivity index (χ0n) is 20.3. The van der Waals surface area contributed by atoms with Crippen molar-refractivity contribution in [3.05, 3.63) is 107 Å². The van der Waals surface area contributed by atoms with E-state index in [-0.39, 0.29) is 17.1 Å². The number of nitrogens with zero attached hydrogens (tertiary/aromatic N) is 3. The van der Waals surface area contributed by atoms with E-state index < -0.39 is 6.04 Å². The molecule has 1 aliphatic heterocycles. The standard InChI is InChI=1S/C29H28N4O2S/c1-29(2,18-30)21-11-9-19(10-12-21)26-13-14-27(36-26)28(35)33-24(22-7-3-4-8-25(22)34)16-23(32-33)20-6-5-15-31-17-20/h3-15,17,24,34H,16,18,30H2,1-2H3. The van der Waals surface area contributed by atoms with Crippen molar-refractivity contribution in [3.63, 3.8) is 0 Å². The summed E-state index contributed by atoms with van der Waals surface area (Å²) in [6, 6.07) is 22.7. The highest BCUT2D eigenvalue weighted by Crippen LogP contribution is 2.39. The van der Waals surface area contributed by atoms with Crippen LogP contribution in [-0.2, 0) is 5.41 Å². The molecule has 1 aliphatic rings. The first-order valence-electron chi connectivity index (χ1n) is 11.9. The molecule has 0 saturated heterocycles. The predicted molar refractivity (Wildman–Crippen MR) is 144 cm³/mol. The van der Waals surface area contributed by atoms with Gasteiger partial charge in [0, 0.05) is 46.8 Å². The largest absolute Gasteiger partial charge is 0.508 e. The van der Waals surface area contributed by atoms with Crippen LogP contribution in [0.15, 0.2) is 90.3 Å². The number of para-hydroxylation sites is 1. The zero-order chi connectivity index (χ0) is 25.3. The average Bonchev–Trinajstić information content (AvgIpc) is 3.58. The number of phenolic OH excluding ortho intramolecular Hbond substituents is 1. The molecule has 1 unspecified atom stereocenters. The number of hydrogen-bond donors (Lipinski definition) is 2. The number of nitrogens with two attached hydrogens (primary N) is 1. The quantitative estimate of drug-likeness (QED) is 0.356. The van der Waals surface area contributed by atoms with Crippen LogP contribution in [0.25, 0.3) is 10.4 Å². The Morgan fingerprint density at radius 2 is 1.83 bits per heavy atom. The van der Waals surface area contributed by atoms with Gasteiger partial charge < -0.3 is 10.8 Å². The van der Waals surface area contributed by atoms with Crippen molar-refractivity contribution in [2.24, 2.45) is 10.8 Å². The van der Waals surface area contributed by atoms with Crippen LogP contribution in [0, 0.1) is 0 Å². The number of phenols is 1. The maximum Gasteiger partial charge on any atom is 0.284 e. The van der Waals surface area contributed by atoms with Gasteiger partial charge in [-0.3, -0.25) is 9.78 Å². The van der Waals surface area contributed by atoms with E-state index in [2.05, 4.69) is 43.1 Å². The summed E-state index contributed by atoms with van der Waals surface area (Å²) in [7, 11) is 0. The van der Waals surface area contributed by atoms with Crippen molar-refractivity contribution < 1.29 is 9.90 Å². The minimum absolute atomic E-state index is 0.0904. The zero-order valence-corrected chi connectivity index (χ0v) is 21.1. The van der Waals surface area contributed by atoms with Gasteiger partial charge in [0.15, 0.2) is 0 Å². The van der Waals surface area contributed by atoms with Crippen LogP contribution in [0.2, 0.25) is 0 Å². The fourth-order valence-electron chi connectivity index (χ4n) is 4.34. The number of aromatic nitrogens is 1. The summed E-state index contributed by atoms with van der Waals surface area (Å²) in [6.07, 6.45) is 3.94. The molecule has 0 radical (unpaired) electrons. The van der Waals surface area contributed by atoms with Crippen LogP contribution >= 0.6 is 11.3 Å². The maximum absolute atomic E-state index is 13.7. The van der Waals surface area contributed by atoms with E-state index in [1.165, 1.54) is 21.9 Å². The van der Waals surface area contributed by atoms with Gasteiger partial charge in [0.05, 0.1) is 16.6 Å². The minimum Gasteiger partial charge on any atom is -0.508 e. The second-order valence-electron chi connectivity index (χ2n) is 9.55. The van der Waals surface area contributed by atoms with Gasteiger partial charge in [0.25, 0.3) is 5.91 Å². The van der Waals surface area contributed by atoms with E-state index >= 15 is 0 Å². The van der Waals surface area contributed by atoms with Gasteiger partial charge >= 0.3 is 0 Å². The molecule has 0 saturated carbocycles. The molecule has 1 atom stereocenters. The van der Waals surface area contributed by atoms with Crippen LogP contribution in [0.1, 0.15) is 52.7 Å². The molecule has 6 nitrogen and oxygen atoms in total. The summed E-state index contributed by atoms with van der Waals surface area (Å²) >= 11 is 1.44. The van der Waals surface area contributed by atoms with Crippen LogP contribution in [0.3, 0.4) is 0 Å². The first-order valence-corrected chi connectivity index (χ1v) is 12.7. The van der Waals surface area contributed by atoms with Crippen molar-refractivity contribution in [2.75, 3.05) is 6.54 Å². The van der Waals surface area contributed by atoms with Gasteiger partial charge in [-0.1, -0.05) is 62.4 Å². The lowest BCUT2D eigenvalue weighted by Crippen LogP contribution is -2.27. The van der Waals surface area contributed by atoms with Crippen LogP contribution in [-0.4, -0.2) is 33.3 Å². The lowest BCUT2D eigenvalue weighted by atomic mass is 9.84. The van der Waals surface area contributed by atoms with E-state index in [0.29, 0.717) is 23.4 Å². The lowest BCUT2D eigenvalue weighted by Gasteiger charge is -2.23. The molecule has 36 heavy (non-hydrogen) atoms. The Labute approximate surface area is 214 Å². The van der Waals surface area contributed by atoms with Crippen LogP contribution in [0.5, 0.6) is 5.75 Å². The summed E-state index contributed by atoms with van der Waals surface area (Å²) < 4.78 is 0. The van der Waals surface area contributed by atoms with Crippen molar-refractivity contribution in [3.8, 4) is 16.2 Å². The van der Waals surface area contributed by atoms with Gasteiger partial charge in [0.1, 0.15) is 5.75 Å². The molecule has 0 bridgehead atoms. The van der Waals surface area contributed by atoms with Gasteiger partial charge in [-0.2, -0.15) is 5.10 Å². The molecule has 4 aromatic rings. The number of aromatic hydroxyl groups is 1. The lowest BCUT2D eigenvalue weighted by molar-refractivity contribution is 0.0714. The van der Waals surface area contributed by atoms with Crippen molar-refractivity contribution in [1.29, 1.82) is 0 Å². The molecule has 0 fully saturated rings. The van der Waals surface area contributed by atoms with Gasteiger partial charge in [-0.25, -0.2) is 5.01 Å². The molecule has 2 aromatic heterocycles. The fraction of sp³-hybridized carbons (Fsp3) is 0.207. The molecule has 5 rings (SSSR count). The monoisotopic (exact) mass is 496 g/mol. The van der Waals surface area contributed by atoms with Crippen molar-refractivity contribution in [1.82, 2.24) is 9.99 Å². The summed E-state index contributed by atoms with van der Waals surface area (Å²) in [5.41, 5.74) is 10.4. The van der Waals surface area contributed by atoms with E-state index in [1.54, 1.807) is 24.5 Å². The minimum atomic E-state index is -0.405. The molecule has 3 N–H and O–H groups in total. The normalized spacial score (nSPS) is 15.7. The molecular weight excluding hydrogens is 468 g/mol. The number of pyridine rings is 1. The number of carbonyl (C=O) groups excluding carboxylic acids is 1. The molecule has 7 heteroatoms. The topological polar surface area (TPSA) is 91.8 Å². The average molecular weight is 497 g/mol. The second kappa shape index (κ2) is 9.68. The van der Waals surface area contributed by atoms with E-state index in [9.17, 15) is 9.90 Å². The fourth-order valence-corrected chi connectivity index (χ4v) is 5.29. The Balaban J connectivity index is 1.46. The molecule has 2 aromatic carbocycles. The molecule has 3 heterocycles. The van der Waals surface area contributed by atoms with E-state index in [4.69, 9.17) is 10.8 Å². The highest BCUT2D eigenvalue weighted by atomic mass is 32.1. The third-order valence-electron chi connectivity index (χ3n) is 6.69. The first kappa shape index (κ1) is 23.9. The van der Waals surface area contributed by atoms with Gasteiger partial charge in [0.2, 0.25) is 0 Å². The molecule has 182 valence electrons. The SMILES string of the molecule is CC(C)(CN)c1ccc(-c2ccc(C(=O)N3N=C(c4cccnc4)CC3c3ccccc3O)s2)cc1. The molecule has 0 spiro atoms. The smallest absolute Gasteiger partial charge is 0.284 e. The predicted octanol–water partition coefficient (Wildman–Crippen LogP) is 5.74. The van der Waals surface area contributed by atoms with Gasteiger partial charge in [-0.15, -0.1) is 11.3 Å². The van der Waals surface area contributed by atoms with Gasteiger partial charge in [-0.05, 0) is 35.4 Å². The Bertz CT molecular complexity index is 1410. The van der Waals surface area contributed by atoms with Crippen LogP contribution < -0.4 is 5.73 Å². The Hall–Kier alpha value is -3.81. The summed E-state index contributed by atoms with van der Waals surface area (Å²) in [6.45, 7) is 4.82. The third-order valence-corrected chi connectivity index (χ3v) is 7.81. The highest BCUT2D eigenvalue weighted by Gasteiger charge is 2.35. The number of hydrogen-bond acceptors (Lipinski definition) is 6. The molecule has 0 aliphatic carbocycles. The number of thiophene rings is 1. The highest BCUT2D eigenvalue weighted by molar-refractivity contribution is 7.17. The van der Waals surface area contributed by atoms with Crippen LogP contribution in [0.4, 0.5) is 0 Å². The summed E-state index contributed by atoms with van der Waals surface area (Å²) in [5, 5.41) is 16.7. The third kappa shape index (κ3) is 4.55. The van der Waals surface area contributed by atoms with E-state index in [1.807, 2.05) is 36.4 Å². The number of rotatable bonds is 6. The number of amides is 1. The number of carbonyl (C=O) groups is 1. The number of benzene rings is 2. The molecule has 1 amide bonds. The van der Waals surface area contributed by atoms with Crippen molar-refractivity contribution in [2.45, 2.75) is 31.7 Å². The summed E-state index contributed by atoms with van der Waals surface area (Å²) in [5.74, 6) is -0.0467. The Morgan fingerprint density at radius 3 is 2.53 bits per heavy atom. The number of hydrazone groups is 1. The Morgan fingerprint density at radius 1 is 1.06 bits per heavy atom.